The average Bonchev–Trinajstić information content (AvgIpc) is 2.98. The van der Waals surface area contributed by atoms with Gasteiger partial charge in [-0.1, -0.05) is 12.1 Å². The number of nitrogens with two attached hydrogens (primary N) is 1. The molecule has 3 N–H and O–H groups in total. The van der Waals surface area contributed by atoms with Gasteiger partial charge in [0, 0.05) is 23.8 Å². The quantitative estimate of drug-likeness (QED) is 0.805. The molecule has 116 valence electrons. The number of hydrogen-bond acceptors (Lipinski definition) is 5. The van der Waals surface area contributed by atoms with Crippen molar-refractivity contribution in [3.63, 3.8) is 0 Å². The maximum absolute atomic E-state index is 10.7. The van der Waals surface area contributed by atoms with Gasteiger partial charge in [0.2, 0.25) is 0 Å². The Morgan fingerprint density at radius 3 is 3.00 bits per heavy atom. The Bertz CT molecular complexity index is 489. The number of carboxylic acid groups (broad SMARTS) is 1. The summed E-state index contributed by atoms with van der Waals surface area (Å²) in [5.41, 5.74) is 6.95. The van der Waals surface area contributed by atoms with Crippen molar-refractivity contribution in [2.24, 2.45) is 5.73 Å². The molecule has 1 aliphatic heterocycles. The van der Waals surface area contributed by atoms with E-state index >= 15 is 0 Å². The van der Waals surface area contributed by atoms with E-state index in [1.54, 1.807) is 7.11 Å². The molecule has 2 atom stereocenters. The first-order valence-corrected chi connectivity index (χ1v) is 8.16. The topological polar surface area (TPSA) is 81.8 Å². The summed E-state index contributed by atoms with van der Waals surface area (Å²) in [7, 11) is 1.60. The minimum Gasteiger partial charge on any atom is -0.493 e. The van der Waals surface area contributed by atoms with Crippen LogP contribution in [0.2, 0.25) is 0 Å². The minimum absolute atomic E-state index is 0.0388. The molecule has 0 radical (unpaired) electrons. The molecule has 0 saturated carbocycles. The van der Waals surface area contributed by atoms with Gasteiger partial charge in [-0.15, -0.1) is 0 Å². The van der Waals surface area contributed by atoms with Crippen LogP contribution in [0, 0.1) is 0 Å². The van der Waals surface area contributed by atoms with Crippen LogP contribution in [0.15, 0.2) is 18.2 Å². The highest BCUT2D eigenvalue weighted by molar-refractivity contribution is 7.99. The van der Waals surface area contributed by atoms with Crippen molar-refractivity contribution in [2.45, 2.75) is 31.4 Å². The van der Waals surface area contributed by atoms with E-state index in [0.717, 1.165) is 23.5 Å². The molecule has 0 spiro atoms. The van der Waals surface area contributed by atoms with E-state index in [1.807, 2.05) is 30.0 Å². The molecule has 2 rings (SSSR count). The molecule has 1 aliphatic rings. The molecule has 0 bridgehead atoms. The van der Waals surface area contributed by atoms with Gasteiger partial charge in [-0.25, -0.2) is 0 Å². The molecule has 1 aromatic rings. The standard InChI is InChI=1S/C15H21NO4S/c1-19-13-4-2-3-11(12(16)5-6-14(17)18)15(13)20-10-7-8-21-9-10/h2-4,10,12H,5-9,16H2,1H3,(H,17,18). The van der Waals surface area contributed by atoms with E-state index in [2.05, 4.69) is 0 Å². The molecular formula is C15H21NO4S. The Hall–Kier alpha value is -1.40. The number of benzene rings is 1. The minimum atomic E-state index is -0.844. The van der Waals surface area contributed by atoms with Crippen molar-refractivity contribution in [2.75, 3.05) is 18.6 Å². The number of hydrogen-bond donors (Lipinski definition) is 2. The zero-order valence-corrected chi connectivity index (χ0v) is 12.9. The molecule has 0 aliphatic carbocycles. The predicted octanol–water partition coefficient (Wildman–Crippen LogP) is 2.44. The second-order valence-electron chi connectivity index (χ2n) is 5.02. The van der Waals surface area contributed by atoms with E-state index < -0.39 is 5.97 Å². The third-order valence-corrected chi connectivity index (χ3v) is 4.60. The largest absolute Gasteiger partial charge is 0.493 e. The summed E-state index contributed by atoms with van der Waals surface area (Å²) in [5.74, 6) is 2.52. The Labute approximate surface area is 128 Å². The first-order valence-electron chi connectivity index (χ1n) is 7.00. The lowest BCUT2D eigenvalue weighted by Gasteiger charge is -2.21. The number of rotatable bonds is 7. The third kappa shape index (κ3) is 4.28. The first kappa shape index (κ1) is 16.0. The second-order valence-corrected chi connectivity index (χ2v) is 6.17. The van der Waals surface area contributed by atoms with Gasteiger partial charge in [0.15, 0.2) is 11.5 Å². The van der Waals surface area contributed by atoms with Gasteiger partial charge in [-0.3, -0.25) is 4.79 Å². The fourth-order valence-corrected chi connectivity index (χ4v) is 3.41. The van der Waals surface area contributed by atoms with E-state index in [4.69, 9.17) is 20.3 Å². The first-order chi connectivity index (χ1) is 10.1. The fourth-order valence-electron chi connectivity index (χ4n) is 2.32. The molecule has 1 heterocycles. The molecule has 5 nitrogen and oxygen atoms in total. The summed E-state index contributed by atoms with van der Waals surface area (Å²) in [6.07, 6.45) is 1.58. The summed E-state index contributed by atoms with van der Waals surface area (Å²) in [5, 5.41) is 8.79. The van der Waals surface area contributed by atoms with Crippen molar-refractivity contribution in [3.8, 4) is 11.5 Å². The Balaban J connectivity index is 2.19. The number of carbonyl (C=O) groups is 1. The summed E-state index contributed by atoms with van der Waals surface area (Å²) in [6, 6.07) is 5.20. The number of methoxy groups -OCH3 is 1. The number of para-hydroxylation sites is 1. The highest BCUT2D eigenvalue weighted by Crippen LogP contribution is 2.37. The van der Waals surface area contributed by atoms with Gasteiger partial charge in [-0.2, -0.15) is 11.8 Å². The fraction of sp³-hybridized carbons (Fsp3) is 0.533. The van der Waals surface area contributed by atoms with Gasteiger partial charge in [0.05, 0.1) is 7.11 Å². The average molecular weight is 311 g/mol. The second kappa shape index (κ2) is 7.56. The Morgan fingerprint density at radius 1 is 1.57 bits per heavy atom. The van der Waals surface area contributed by atoms with Crippen LogP contribution in [0.4, 0.5) is 0 Å². The molecule has 1 fully saturated rings. The van der Waals surface area contributed by atoms with E-state index in [0.29, 0.717) is 17.9 Å². The molecular weight excluding hydrogens is 290 g/mol. The van der Waals surface area contributed by atoms with E-state index in [9.17, 15) is 4.79 Å². The van der Waals surface area contributed by atoms with Crippen LogP contribution in [0.1, 0.15) is 30.9 Å². The van der Waals surface area contributed by atoms with Crippen molar-refractivity contribution in [3.05, 3.63) is 23.8 Å². The number of thioether (sulfide) groups is 1. The predicted molar refractivity (Wildman–Crippen MR) is 83.2 cm³/mol. The maximum Gasteiger partial charge on any atom is 0.303 e. The lowest BCUT2D eigenvalue weighted by molar-refractivity contribution is -0.137. The van der Waals surface area contributed by atoms with Crippen LogP contribution >= 0.6 is 11.8 Å². The molecule has 0 aromatic heterocycles. The normalized spacial score (nSPS) is 19.2. The Kier molecular flexibility index (Phi) is 5.76. The third-order valence-electron chi connectivity index (χ3n) is 3.47. The van der Waals surface area contributed by atoms with Crippen molar-refractivity contribution in [1.29, 1.82) is 0 Å². The summed E-state index contributed by atoms with van der Waals surface area (Å²) >= 11 is 1.87. The molecule has 1 saturated heterocycles. The SMILES string of the molecule is COc1cccc(C(N)CCC(=O)O)c1OC1CCSC1. The van der Waals surface area contributed by atoms with E-state index in [1.165, 1.54) is 0 Å². The van der Waals surface area contributed by atoms with Crippen LogP contribution in [-0.2, 0) is 4.79 Å². The monoisotopic (exact) mass is 311 g/mol. The van der Waals surface area contributed by atoms with Crippen molar-refractivity contribution >= 4 is 17.7 Å². The lowest BCUT2D eigenvalue weighted by atomic mass is 10.0. The summed E-state index contributed by atoms with van der Waals surface area (Å²) in [6.45, 7) is 0. The lowest BCUT2D eigenvalue weighted by Crippen LogP contribution is -2.19. The number of aliphatic carboxylic acids is 1. The van der Waals surface area contributed by atoms with Crippen LogP contribution in [0.3, 0.4) is 0 Å². The van der Waals surface area contributed by atoms with Gasteiger partial charge < -0.3 is 20.3 Å². The zero-order chi connectivity index (χ0) is 15.2. The van der Waals surface area contributed by atoms with Crippen LogP contribution in [0.25, 0.3) is 0 Å². The zero-order valence-electron chi connectivity index (χ0n) is 12.1. The summed E-state index contributed by atoms with van der Waals surface area (Å²) in [4.78, 5) is 10.7. The van der Waals surface area contributed by atoms with Gasteiger partial charge in [0.1, 0.15) is 6.10 Å². The molecule has 2 unspecified atom stereocenters. The smallest absolute Gasteiger partial charge is 0.303 e. The van der Waals surface area contributed by atoms with Crippen molar-refractivity contribution < 1.29 is 19.4 Å². The van der Waals surface area contributed by atoms with Crippen LogP contribution in [0.5, 0.6) is 11.5 Å². The molecule has 6 heteroatoms. The van der Waals surface area contributed by atoms with Crippen LogP contribution < -0.4 is 15.2 Å². The molecule has 21 heavy (non-hydrogen) atoms. The molecule has 1 aromatic carbocycles. The van der Waals surface area contributed by atoms with Gasteiger partial charge >= 0.3 is 5.97 Å². The maximum atomic E-state index is 10.7. The van der Waals surface area contributed by atoms with Gasteiger partial charge in [0.25, 0.3) is 0 Å². The highest BCUT2D eigenvalue weighted by atomic mass is 32.2. The Morgan fingerprint density at radius 2 is 2.38 bits per heavy atom. The number of carboxylic acids is 1. The van der Waals surface area contributed by atoms with E-state index in [-0.39, 0.29) is 18.6 Å². The van der Waals surface area contributed by atoms with Crippen molar-refractivity contribution in [1.82, 2.24) is 0 Å². The highest BCUT2D eigenvalue weighted by Gasteiger charge is 2.23. The van der Waals surface area contributed by atoms with Crippen LogP contribution in [-0.4, -0.2) is 35.8 Å². The number of ether oxygens (including phenoxy) is 2. The summed E-state index contributed by atoms with van der Waals surface area (Å²) < 4.78 is 11.5. The molecule has 0 amide bonds. The van der Waals surface area contributed by atoms with Gasteiger partial charge in [-0.05, 0) is 24.7 Å².